The van der Waals surface area contributed by atoms with Crippen LogP contribution < -0.4 is 0 Å². The van der Waals surface area contributed by atoms with Crippen LogP contribution in [-0.4, -0.2) is 28.0 Å². The highest BCUT2D eigenvalue weighted by molar-refractivity contribution is 9.10. The standard InChI is InChI=1S/C22H16BrN3O5/c23-16-9-11(26(29)30)1-3-13(16)17-6-2-12(31-17)10-24-25-20(27)18-14-4-5-15(19(18)21(25)28)22(14)7-8-22/h1-6,9-10,14-15,18-19H,7-8H2/b24-10-/t14-,15-,18-,19+/m1/s1. The van der Waals surface area contributed by atoms with Crippen LogP contribution in [-0.2, 0) is 9.59 Å². The Balaban J connectivity index is 1.23. The Hall–Kier alpha value is -3.07. The number of hydrazone groups is 1. The molecule has 9 heteroatoms. The Morgan fingerprint density at radius 3 is 2.39 bits per heavy atom. The van der Waals surface area contributed by atoms with Gasteiger partial charge in [0.25, 0.3) is 17.5 Å². The average Bonchev–Trinajstić information content (AvgIpc) is 3.03. The van der Waals surface area contributed by atoms with Gasteiger partial charge in [-0.2, -0.15) is 10.1 Å². The van der Waals surface area contributed by atoms with Crippen LogP contribution in [0.15, 0.2) is 56.5 Å². The lowest BCUT2D eigenvalue weighted by Crippen LogP contribution is -2.30. The molecule has 0 radical (unpaired) electrons. The van der Waals surface area contributed by atoms with Crippen molar-refractivity contribution >= 4 is 39.6 Å². The molecule has 0 unspecified atom stereocenters. The number of nitro groups is 1. The molecule has 1 spiro atoms. The van der Waals surface area contributed by atoms with E-state index in [0.717, 1.165) is 17.9 Å². The monoisotopic (exact) mass is 481 g/mol. The number of fused-ring (bicyclic) bond motifs is 3. The zero-order valence-electron chi connectivity index (χ0n) is 16.1. The molecule has 2 saturated carbocycles. The maximum Gasteiger partial charge on any atom is 0.270 e. The second-order valence-electron chi connectivity index (χ2n) is 8.58. The van der Waals surface area contributed by atoms with Gasteiger partial charge in [-0.3, -0.25) is 19.7 Å². The van der Waals surface area contributed by atoms with Gasteiger partial charge in [-0.05, 0) is 64.2 Å². The van der Waals surface area contributed by atoms with Crippen LogP contribution in [0.3, 0.4) is 0 Å². The molecule has 156 valence electrons. The predicted molar refractivity (Wildman–Crippen MR) is 113 cm³/mol. The van der Waals surface area contributed by atoms with Crippen molar-refractivity contribution in [1.82, 2.24) is 5.01 Å². The van der Waals surface area contributed by atoms with Crippen molar-refractivity contribution in [3.63, 3.8) is 0 Å². The van der Waals surface area contributed by atoms with E-state index in [2.05, 4.69) is 33.2 Å². The topological polar surface area (TPSA) is 106 Å². The molecular weight excluding hydrogens is 466 g/mol. The summed E-state index contributed by atoms with van der Waals surface area (Å²) in [6.07, 6.45) is 7.80. The first-order valence-corrected chi connectivity index (χ1v) is 10.8. The van der Waals surface area contributed by atoms with Crippen LogP contribution in [0.25, 0.3) is 11.3 Å². The molecule has 2 heterocycles. The number of rotatable bonds is 4. The molecule has 3 aliphatic carbocycles. The molecule has 1 aliphatic heterocycles. The average molecular weight is 482 g/mol. The lowest BCUT2D eigenvalue weighted by molar-refractivity contribution is -0.384. The van der Waals surface area contributed by atoms with Gasteiger partial charge >= 0.3 is 0 Å². The Bertz CT molecular complexity index is 1190. The molecule has 3 fully saturated rings. The summed E-state index contributed by atoms with van der Waals surface area (Å²) >= 11 is 3.33. The van der Waals surface area contributed by atoms with Gasteiger partial charge in [-0.15, -0.1) is 0 Å². The van der Waals surface area contributed by atoms with E-state index in [4.69, 9.17) is 4.42 Å². The van der Waals surface area contributed by atoms with E-state index in [9.17, 15) is 19.7 Å². The fourth-order valence-corrected chi connectivity index (χ4v) is 6.24. The Labute approximate surface area is 184 Å². The first-order chi connectivity index (χ1) is 14.9. The van der Waals surface area contributed by atoms with E-state index in [1.165, 1.54) is 18.3 Å². The quantitative estimate of drug-likeness (QED) is 0.214. The number of halogens is 1. The number of nitro benzene ring substituents is 1. The Morgan fingerprint density at radius 2 is 1.81 bits per heavy atom. The number of non-ortho nitro benzene ring substituents is 1. The molecule has 6 rings (SSSR count). The fourth-order valence-electron chi connectivity index (χ4n) is 5.68. The zero-order chi connectivity index (χ0) is 21.5. The molecule has 0 N–H and O–H groups in total. The van der Waals surface area contributed by atoms with Crippen molar-refractivity contribution < 1.29 is 18.9 Å². The molecule has 1 aromatic heterocycles. The van der Waals surface area contributed by atoms with Gasteiger partial charge in [0.05, 0.1) is 23.0 Å². The smallest absolute Gasteiger partial charge is 0.270 e. The van der Waals surface area contributed by atoms with Crippen molar-refractivity contribution in [3.8, 4) is 11.3 Å². The van der Waals surface area contributed by atoms with E-state index in [0.29, 0.717) is 21.6 Å². The third-order valence-electron chi connectivity index (χ3n) is 7.19. The third kappa shape index (κ3) is 2.49. The summed E-state index contributed by atoms with van der Waals surface area (Å²) in [5.41, 5.74) is 0.771. The predicted octanol–water partition coefficient (Wildman–Crippen LogP) is 4.15. The molecule has 4 aliphatic rings. The van der Waals surface area contributed by atoms with Gasteiger partial charge in [-0.25, -0.2) is 0 Å². The van der Waals surface area contributed by atoms with E-state index in [1.807, 2.05) is 0 Å². The van der Waals surface area contributed by atoms with E-state index in [1.54, 1.807) is 18.2 Å². The van der Waals surface area contributed by atoms with Crippen molar-refractivity contribution in [2.75, 3.05) is 0 Å². The minimum Gasteiger partial charge on any atom is -0.455 e. The van der Waals surface area contributed by atoms with Crippen molar-refractivity contribution in [3.05, 3.63) is 62.8 Å². The third-order valence-corrected chi connectivity index (χ3v) is 7.84. The molecule has 8 nitrogen and oxygen atoms in total. The van der Waals surface area contributed by atoms with Crippen molar-refractivity contribution in [1.29, 1.82) is 0 Å². The molecular formula is C22H16BrN3O5. The number of amides is 2. The molecule has 4 atom stereocenters. The molecule has 31 heavy (non-hydrogen) atoms. The van der Waals surface area contributed by atoms with Gasteiger partial charge in [0.2, 0.25) is 0 Å². The number of carbonyl (C=O) groups excluding carboxylic acids is 2. The molecule has 1 aromatic carbocycles. The highest BCUT2D eigenvalue weighted by Crippen LogP contribution is 2.73. The lowest BCUT2D eigenvalue weighted by atomic mass is 9.85. The van der Waals surface area contributed by atoms with Crippen LogP contribution in [0.2, 0.25) is 0 Å². The summed E-state index contributed by atoms with van der Waals surface area (Å²) in [7, 11) is 0. The molecule has 1 saturated heterocycles. The second-order valence-corrected chi connectivity index (χ2v) is 9.43. The van der Waals surface area contributed by atoms with Gasteiger partial charge < -0.3 is 4.42 Å². The first-order valence-electron chi connectivity index (χ1n) is 10.0. The van der Waals surface area contributed by atoms with Crippen LogP contribution in [0.5, 0.6) is 0 Å². The maximum absolute atomic E-state index is 12.9. The largest absolute Gasteiger partial charge is 0.455 e. The minimum atomic E-state index is -0.471. The summed E-state index contributed by atoms with van der Waals surface area (Å²) in [5.74, 6) is 0.159. The number of hydrogen-bond acceptors (Lipinski definition) is 6. The molecule has 2 amide bonds. The molecule has 2 aromatic rings. The van der Waals surface area contributed by atoms with Gasteiger partial charge in [-0.1, -0.05) is 12.2 Å². The van der Waals surface area contributed by atoms with Crippen LogP contribution in [0.1, 0.15) is 18.6 Å². The number of carbonyl (C=O) groups is 2. The number of benzene rings is 1. The summed E-state index contributed by atoms with van der Waals surface area (Å²) in [6.45, 7) is 0. The highest BCUT2D eigenvalue weighted by Gasteiger charge is 2.73. The van der Waals surface area contributed by atoms with E-state index < -0.39 is 4.92 Å². The van der Waals surface area contributed by atoms with Crippen LogP contribution in [0.4, 0.5) is 5.69 Å². The number of allylic oxidation sites excluding steroid dienone is 2. The van der Waals surface area contributed by atoms with Gasteiger partial charge in [0.1, 0.15) is 11.5 Å². The van der Waals surface area contributed by atoms with Crippen molar-refractivity contribution in [2.24, 2.45) is 34.2 Å². The normalized spacial score (nSPS) is 29.5. The summed E-state index contributed by atoms with van der Waals surface area (Å²) < 4.78 is 6.28. The Kier molecular flexibility index (Phi) is 3.75. The summed E-state index contributed by atoms with van der Waals surface area (Å²) in [5, 5.41) is 16.1. The minimum absolute atomic E-state index is 0.0305. The Morgan fingerprint density at radius 1 is 1.13 bits per heavy atom. The van der Waals surface area contributed by atoms with Crippen molar-refractivity contribution in [2.45, 2.75) is 12.8 Å². The highest BCUT2D eigenvalue weighted by atomic mass is 79.9. The second kappa shape index (κ2) is 6.23. The van der Waals surface area contributed by atoms with Gasteiger partial charge in [0.15, 0.2) is 0 Å². The number of nitrogens with zero attached hydrogens (tertiary/aromatic N) is 3. The first kappa shape index (κ1) is 18.7. The van der Waals surface area contributed by atoms with Crippen LogP contribution in [0, 0.1) is 39.2 Å². The molecule has 2 bridgehead atoms. The summed E-state index contributed by atoms with van der Waals surface area (Å²) in [4.78, 5) is 36.3. The summed E-state index contributed by atoms with van der Waals surface area (Å²) in [6, 6.07) is 7.76. The SMILES string of the molecule is O=C1[C@@H]2[C@H](C(=O)N1/N=C\c1ccc(-c3ccc([N+](=O)[O-])cc3Br)o1)[C@H]1C=C[C@H]2C12CC2. The zero-order valence-corrected chi connectivity index (χ0v) is 17.7. The number of imide groups is 1. The van der Waals surface area contributed by atoms with Gasteiger partial charge in [0, 0.05) is 22.2 Å². The van der Waals surface area contributed by atoms with E-state index in [-0.39, 0.29) is 46.6 Å². The van der Waals surface area contributed by atoms with Crippen LogP contribution >= 0.6 is 15.9 Å². The maximum atomic E-state index is 12.9. The lowest BCUT2D eigenvalue weighted by Gasteiger charge is -2.18. The number of furan rings is 1. The van der Waals surface area contributed by atoms with E-state index >= 15 is 0 Å². The fraction of sp³-hybridized carbons (Fsp3) is 0.318. The number of hydrogen-bond donors (Lipinski definition) is 0.